The van der Waals surface area contributed by atoms with Gasteiger partial charge in [0.2, 0.25) is 0 Å². The lowest BCUT2D eigenvalue weighted by Gasteiger charge is -2.16. The number of amides is 1. The summed E-state index contributed by atoms with van der Waals surface area (Å²) in [5.74, 6) is -0.150. The minimum absolute atomic E-state index is 0.0878. The Bertz CT molecular complexity index is 602. The minimum atomic E-state index is -0.150. The van der Waals surface area contributed by atoms with Crippen molar-refractivity contribution in [3.05, 3.63) is 62.8 Å². The predicted octanol–water partition coefficient (Wildman–Crippen LogP) is 4.10. The van der Waals surface area contributed by atoms with Crippen LogP contribution in [0.2, 0.25) is 0 Å². The van der Waals surface area contributed by atoms with Crippen LogP contribution >= 0.6 is 31.9 Å². The predicted molar refractivity (Wildman–Crippen MR) is 82.0 cm³/mol. The summed E-state index contributed by atoms with van der Waals surface area (Å²) in [6.07, 6.45) is 1.64. The van der Waals surface area contributed by atoms with E-state index in [2.05, 4.69) is 42.2 Å². The molecule has 0 aliphatic heterocycles. The molecule has 0 fully saturated rings. The van der Waals surface area contributed by atoms with E-state index in [-0.39, 0.29) is 11.9 Å². The summed E-state index contributed by atoms with van der Waals surface area (Å²) in [6, 6.07) is 11.2. The van der Waals surface area contributed by atoms with E-state index in [4.69, 9.17) is 0 Å². The summed E-state index contributed by atoms with van der Waals surface area (Å²) < 4.78 is 1.53. The highest BCUT2D eigenvalue weighted by Gasteiger charge is 2.15. The first-order valence-corrected chi connectivity index (χ1v) is 7.34. The monoisotopic (exact) mass is 382 g/mol. The van der Waals surface area contributed by atoms with E-state index in [0.717, 1.165) is 10.0 Å². The van der Waals surface area contributed by atoms with Crippen molar-refractivity contribution >= 4 is 37.8 Å². The van der Waals surface area contributed by atoms with Crippen LogP contribution in [-0.2, 0) is 0 Å². The first-order chi connectivity index (χ1) is 9.09. The van der Waals surface area contributed by atoms with Gasteiger partial charge in [0.05, 0.1) is 11.6 Å². The van der Waals surface area contributed by atoms with Gasteiger partial charge in [0.25, 0.3) is 5.91 Å². The highest BCUT2D eigenvalue weighted by atomic mass is 79.9. The third-order valence-corrected chi connectivity index (χ3v) is 4.08. The van der Waals surface area contributed by atoms with Crippen molar-refractivity contribution in [1.82, 2.24) is 10.3 Å². The molecule has 0 saturated carbocycles. The Morgan fingerprint density at radius 2 is 1.95 bits per heavy atom. The molecule has 2 rings (SSSR count). The maximum absolute atomic E-state index is 12.2. The van der Waals surface area contributed by atoms with Gasteiger partial charge in [-0.05, 0) is 46.6 Å². The highest BCUT2D eigenvalue weighted by molar-refractivity contribution is 9.10. The van der Waals surface area contributed by atoms with Gasteiger partial charge in [-0.3, -0.25) is 4.79 Å². The molecule has 1 amide bonds. The smallest absolute Gasteiger partial charge is 0.254 e. The molecule has 1 atom stereocenters. The molecule has 19 heavy (non-hydrogen) atoms. The second-order valence-electron chi connectivity index (χ2n) is 4.06. The highest BCUT2D eigenvalue weighted by Crippen LogP contribution is 2.23. The zero-order valence-electron chi connectivity index (χ0n) is 10.2. The van der Waals surface area contributed by atoms with Gasteiger partial charge >= 0.3 is 0 Å². The van der Waals surface area contributed by atoms with Gasteiger partial charge in [-0.1, -0.05) is 34.1 Å². The Morgan fingerprint density at radius 1 is 1.21 bits per heavy atom. The molecular formula is C14H12Br2N2O. The molecule has 2 aromatic rings. The second kappa shape index (κ2) is 6.30. The molecule has 5 heteroatoms. The number of hydrogen-bond donors (Lipinski definition) is 1. The van der Waals surface area contributed by atoms with Gasteiger partial charge in [-0.2, -0.15) is 0 Å². The molecule has 98 valence electrons. The number of nitrogens with one attached hydrogen (secondary N) is 1. The van der Waals surface area contributed by atoms with E-state index in [1.165, 1.54) is 0 Å². The average molecular weight is 384 g/mol. The topological polar surface area (TPSA) is 42.0 Å². The maximum atomic E-state index is 12.2. The van der Waals surface area contributed by atoms with Crippen molar-refractivity contribution in [1.29, 1.82) is 0 Å². The second-order valence-corrected chi connectivity index (χ2v) is 5.66. The fraction of sp³-hybridized carbons (Fsp3) is 0.143. The Balaban J connectivity index is 2.16. The summed E-state index contributed by atoms with van der Waals surface area (Å²) in [7, 11) is 0. The van der Waals surface area contributed by atoms with Gasteiger partial charge in [0.15, 0.2) is 0 Å². The van der Waals surface area contributed by atoms with Gasteiger partial charge in [0, 0.05) is 10.7 Å². The number of hydrogen-bond acceptors (Lipinski definition) is 2. The third-order valence-electron chi connectivity index (χ3n) is 2.72. The fourth-order valence-corrected chi connectivity index (χ4v) is 2.79. The number of benzene rings is 1. The molecule has 0 spiro atoms. The van der Waals surface area contributed by atoms with Gasteiger partial charge < -0.3 is 5.32 Å². The van der Waals surface area contributed by atoms with Crippen LogP contribution in [0.3, 0.4) is 0 Å². The first kappa shape index (κ1) is 14.2. The molecule has 1 N–H and O–H groups in total. The van der Waals surface area contributed by atoms with Crippen molar-refractivity contribution in [2.45, 2.75) is 13.0 Å². The van der Waals surface area contributed by atoms with Gasteiger partial charge in [-0.15, -0.1) is 0 Å². The average Bonchev–Trinajstić information content (AvgIpc) is 2.39. The largest absolute Gasteiger partial charge is 0.345 e. The fourth-order valence-electron chi connectivity index (χ4n) is 1.73. The molecular weight excluding hydrogens is 372 g/mol. The van der Waals surface area contributed by atoms with Crippen molar-refractivity contribution in [2.24, 2.45) is 0 Å². The summed E-state index contributed by atoms with van der Waals surface area (Å²) in [6.45, 7) is 1.95. The van der Waals surface area contributed by atoms with Crippen LogP contribution in [0, 0.1) is 0 Å². The van der Waals surface area contributed by atoms with Crippen molar-refractivity contribution in [2.75, 3.05) is 0 Å². The molecule has 1 heterocycles. The molecule has 0 aliphatic rings. The van der Waals surface area contributed by atoms with Crippen LogP contribution in [0.5, 0.6) is 0 Å². The Hall–Kier alpha value is -1.20. The Labute approximate surface area is 128 Å². The van der Waals surface area contributed by atoms with E-state index < -0.39 is 0 Å². The molecule has 0 radical (unpaired) electrons. The van der Waals surface area contributed by atoms with Crippen LogP contribution < -0.4 is 5.32 Å². The van der Waals surface area contributed by atoms with Crippen LogP contribution in [0.1, 0.15) is 28.9 Å². The molecule has 3 nitrogen and oxygen atoms in total. The van der Waals surface area contributed by atoms with Crippen LogP contribution in [0.15, 0.2) is 51.7 Å². The maximum Gasteiger partial charge on any atom is 0.254 e. The summed E-state index contributed by atoms with van der Waals surface area (Å²) in [4.78, 5) is 16.2. The number of rotatable bonds is 3. The Kier molecular flexibility index (Phi) is 4.71. The standard InChI is InChI=1S/C14H12Br2N2O/c1-9(10-5-2-3-7-12(10)15)18-14(19)11-6-4-8-17-13(11)16/h2-9H,1H3,(H,18,19). The number of halogens is 2. The summed E-state index contributed by atoms with van der Waals surface area (Å²) in [5.41, 5.74) is 1.57. The first-order valence-electron chi connectivity index (χ1n) is 5.75. The SMILES string of the molecule is CC(NC(=O)c1cccnc1Br)c1ccccc1Br. The van der Waals surface area contributed by atoms with Crippen LogP contribution in [0.25, 0.3) is 0 Å². The summed E-state index contributed by atoms with van der Waals surface area (Å²) in [5, 5.41) is 2.96. The number of carbonyl (C=O) groups excluding carboxylic acids is 1. The zero-order chi connectivity index (χ0) is 13.8. The van der Waals surface area contributed by atoms with Crippen molar-refractivity contribution in [3.8, 4) is 0 Å². The lowest BCUT2D eigenvalue weighted by Crippen LogP contribution is -2.27. The van der Waals surface area contributed by atoms with Gasteiger partial charge in [0.1, 0.15) is 4.60 Å². The lowest BCUT2D eigenvalue weighted by atomic mass is 10.1. The molecule has 1 aromatic carbocycles. The molecule has 1 aromatic heterocycles. The van der Waals surface area contributed by atoms with E-state index in [1.807, 2.05) is 31.2 Å². The quantitative estimate of drug-likeness (QED) is 0.810. The Morgan fingerprint density at radius 3 is 2.63 bits per heavy atom. The summed E-state index contributed by atoms with van der Waals surface area (Å²) >= 11 is 6.76. The molecule has 0 aliphatic carbocycles. The van der Waals surface area contributed by atoms with Crippen molar-refractivity contribution in [3.63, 3.8) is 0 Å². The number of aromatic nitrogens is 1. The molecule has 0 bridgehead atoms. The third kappa shape index (κ3) is 3.42. The number of pyridine rings is 1. The zero-order valence-corrected chi connectivity index (χ0v) is 13.4. The normalized spacial score (nSPS) is 11.9. The number of nitrogens with zero attached hydrogens (tertiary/aromatic N) is 1. The van der Waals surface area contributed by atoms with Gasteiger partial charge in [-0.25, -0.2) is 4.98 Å². The molecule has 1 unspecified atom stereocenters. The lowest BCUT2D eigenvalue weighted by molar-refractivity contribution is 0.0938. The van der Waals surface area contributed by atoms with E-state index in [0.29, 0.717) is 10.2 Å². The minimum Gasteiger partial charge on any atom is -0.345 e. The van der Waals surface area contributed by atoms with E-state index in [1.54, 1.807) is 18.3 Å². The van der Waals surface area contributed by atoms with E-state index in [9.17, 15) is 4.79 Å². The molecule has 0 saturated heterocycles. The number of carbonyl (C=O) groups is 1. The van der Waals surface area contributed by atoms with Crippen LogP contribution in [0.4, 0.5) is 0 Å². The van der Waals surface area contributed by atoms with E-state index >= 15 is 0 Å². The van der Waals surface area contributed by atoms with Crippen molar-refractivity contribution < 1.29 is 4.79 Å². The van der Waals surface area contributed by atoms with Crippen LogP contribution in [-0.4, -0.2) is 10.9 Å².